The molecule has 144 valence electrons. The minimum atomic E-state index is -0.360. The molecule has 0 saturated carbocycles. The van der Waals surface area contributed by atoms with Gasteiger partial charge in [0.05, 0.1) is 17.4 Å². The van der Waals surface area contributed by atoms with Crippen molar-refractivity contribution in [3.8, 4) is 10.6 Å². The van der Waals surface area contributed by atoms with Crippen LogP contribution in [0.5, 0.6) is 0 Å². The molecule has 0 spiro atoms. The van der Waals surface area contributed by atoms with Crippen LogP contribution in [0.3, 0.4) is 0 Å². The van der Waals surface area contributed by atoms with Gasteiger partial charge in [-0.15, -0.1) is 23.1 Å². The van der Waals surface area contributed by atoms with Crippen molar-refractivity contribution in [1.82, 2.24) is 15.8 Å². The number of carbonyl (C=O) groups is 2. The maximum atomic E-state index is 13.0. The molecule has 2 aromatic carbocycles. The summed E-state index contributed by atoms with van der Waals surface area (Å²) in [5.74, 6) is -0.955. The van der Waals surface area contributed by atoms with Crippen LogP contribution >= 0.6 is 23.1 Å². The lowest BCUT2D eigenvalue weighted by Crippen LogP contribution is -2.45. The van der Waals surface area contributed by atoms with E-state index in [1.165, 1.54) is 35.2 Å². The first-order valence-electron chi connectivity index (χ1n) is 8.52. The van der Waals surface area contributed by atoms with Crippen molar-refractivity contribution >= 4 is 34.9 Å². The molecule has 1 aromatic heterocycles. The number of hydrogen-bond donors (Lipinski definition) is 2. The second kappa shape index (κ2) is 9.48. The van der Waals surface area contributed by atoms with Crippen LogP contribution < -0.4 is 10.9 Å². The van der Waals surface area contributed by atoms with Crippen molar-refractivity contribution < 1.29 is 14.0 Å². The first-order chi connectivity index (χ1) is 13.5. The van der Waals surface area contributed by atoms with E-state index in [0.717, 1.165) is 10.5 Å². The number of halogens is 1. The summed E-state index contributed by atoms with van der Waals surface area (Å²) in [6, 6.07) is 15.6. The average molecular weight is 416 g/mol. The number of thioether (sulfide) groups is 1. The molecule has 1 heterocycles. The lowest BCUT2D eigenvalue weighted by Gasteiger charge is -2.12. The normalized spacial score (nSPS) is 11.6. The van der Waals surface area contributed by atoms with E-state index in [0.29, 0.717) is 10.7 Å². The maximum absolute atomic E-state index is 13.0. The van der Waals surface area contributed by atoms with Crippen LogP contribution in [0, 0.1) is 5.82 Å². The van der Waals surface area contributed by atoms with Gasteiger partial charge in [0.25, 0.3) is 5.91 Å². The highest BCUT2D eigenvalue weighted by molar-refractivity contribution is 8.00. The molecule has 0 saturated heterocycles. The zero-order valence-electron chi connectivity index (χ0n) is 15.0. The third-order valence-corrected chi connectivity index (χ3v) is 5.79. The Kier molecular flexibility index (Phi) is 6.78. The molecule has 1 atom stereocenters. The molecule has 0 aliphatic carbocycles. The topological polar surface area (TPSA) is 71.1 Å². The summed E-state index contributed by atoms with van der Waals surface area (Å²) in [4.78, 5) is 29.6. The van der Waals surface area contributed by atoms with Crippen LogP contribution in [-0.2, 0) is 16.0 Å². The van der Waals surface area contributed by atoms with Gasteiger partial charge in [-0.05, 0) is 43.3 Å². The van der Waals surface area contributed by atoms with E-state index < -0.39 is 0 Å². The van der Waals surface area contributed by atoms with Gasteiger partial charge >= 0.3 is 0 Å². The molecule has 28 heavy (non-hydrogen) atoms. The van der Waals surface area contributed by atoms with E-state index in [1.807, 2.05) is 30.3 Å². The number of hydrogen-bond acceptors (Lipinski definition) is 5. The van der Waals surface area contributed by atoms with Crippen LogP contribution in [0.25, 0.3) is 10.6 Å². The van der Waals surface area contributed by atoms with Crippen molar-refractivity contribution in [3.63, 3.8) is 0 Å². The van der Waals surface area contributed by atoms with Gasteiger partial charge in [-0.1, -0.05) is 18.2 Å². The third kappa shape index (κ3) is 5.64. The quantitative estimate of drug-likeness (QED) is 0.474. The first-order valence-corrected chi connectivity index (χ1v) is 10.3. The standard InChI is InChI=1S/C20H18FN3O2S2/c1-13(28-17-5-3-2-4-6-17)19(26)24-23-18(25)11-16-12-27-20(22-16)14-7-9-15(21)10-8-14/h2-10,12-13H,11H2,1H3,(H,23,25)(H,24,26)/t13-/m1/s1. The molecule has 3 aromatic rings. The fourth-order valence-electron chi connectivity index (χ4n) is 2.31. The number of nitrogens with one attached hydrogen (secondary N) is 2. The number of rotatable bonds is 6. The summed E-state index contributed by atoms with van der Waals surface area (Å²) in [6.07, 6.45) is 0.0399. The number of hydrazine groups is 1. The summed E-state index contributed by atoms with van der Waals surface area (Å²) in [7, 11) is 0. The Morgan fingerprint density at radius 3 is 2.54 bits per heavy atom. The average Bonchev–Trinajstić information content (AvgIpc) is 3.15. The van der Waals surface area contributed by atoms with Crippen LogP contribution in [0.2, 0.25) is 0 Å². The van der Waals surface area contributed by atoms with E-state index in [9.17, 15) is 14.0 Å². The molecular formula is C20H18FN3O2S2. The van der Waals surface area contributed by atoms with Gasteiger partial charge < -0.3 is 0 Å². The Hall–Kier alpha value is -2.71. The third-order valence-electron chi connectivity index (χ3n) is 3.74. The van der Waals surface area contributed by atoms with E-state index in [4.69, 9.17) is 0 Å². The zero-order chi connectivity index (χ0) is 19.9. The number of benzene rings is 2. The Labute approximate surface area is 170 Å². The SMILES string of the molecule is C[C@@H](Sc1ccccc1)C(=O)NNC(=O)Cc1csc(-c2ccc(F)cc2)n1. The van der Waals surface area contributed by atoms with E-state index in [2.05, 4.69) is 15.8 Å². The monoisotopic (exact) mass is 415 g/mol. The predicted molar refractivity (Wildman–Crippen MR) is 109 cm³/mol. The molecule has 0 aliphatic rings. The van der Waals surface area contributed by atoms with Crippen molar-refractivity contribution in [1.29, 1.82) is 0 Å². The minimum Gasteiger partial charge on any atom is -0.273 e. The molecular weight excluding hydrogens is 397 g/mol. The van der Waals surface area contributed by atoms with E-state index >= 15 is 0 Å². The second-order valence-electron chi connectivity index (χ2n) is 5.94. The summed E-state index contributed by atoms with van der Waals surface area (Å²) in [5, 5.41) is 2.13. The molecule has 3 rings (SSSR count). The Morgan fingerprint density at radius 1 is 1.11 bits per heavy atom. The lowest BCUT2D eigenvalue weighted by atomic mass is 10.2. The smallest absolute Gasteiger partial charge is 0.251 e. The Bertz CT molecular complexity index is 946. The molecule has 2 amide bonds. The van der Waals surface area contributed by atoms with Gasteiger partial charge in [0.2, 0.25) is 5.91 Å². The molecule has 5 nitrogen and oxygen atoms in total. The zero-order valence-corrected chi connectivity index (χ0v) is 16.6. The Balaban J connectivity index is 1.48. The summed E-state index contributed by atoms with van der Waals surface area (Å²) >= 11 is 2.79. The highest BCUT2D eigenvalue weighted by Crippen LogP contribution is 2.24. The second-order valence-corrected chi connectivity index (χ2v) is 8.21. The fraction of sp³-hybridized carbons (Fsp3) is 0.150. The summed E-state index contributed by atoms with van der Waals surface area (Å²) in [5.41, 5.74) is 6.24. The Morgan fingerprint density at radius 2 is 1.82 bits per heavy atom. The summed E-state index contributed by atoms with van der Waals surface area (Å²) < 4.78 is 13.0. The minimum absolute atomic E-state index is 0.0399. The van der Waals surface area contributed by atoms with Gasteiger partial charge in [0.1, 0.15) is 10.8 Å². The number of amides is 2. The molecule has 0 unspecified atom stereocenters. The van der Waals surface area contributed by atoms with Crippen LogP contribution in [0.4, 0.5) is 4.39 Å². The maximum Gasteiger partial charge on any atom is 0.251 e. The summed E-state index contributed by atoms with van der Waals surface area (Å²) in [6.45, 7) is 1.77. The van der Waals surface area contributed by atoms with Crippen molar-refractivity contribution in [2.75, 3.05) is 0 Å². The van der Waals surface area contributed by atoms with Gasteiger partial charge in [-0.3, -0.25) is 20.4 Å². The number of nitrogens with zero attached hydrogens (tertiary/aromatic N) is 1. The molecule has 0 aliphatic heterocycles. The predicted octanol–water partition coefficient (Wildman–Crippen LogP) is 3.82. The van der Waals surface area contributed by atoms with E-state index in [-0.39, 0.29) is 29.3 Å². The van der Waals surface area contributed by atoms with Gasteiger partial charge in [0, 0.05) is 15.8 Å². The largest absolute Gasteiger partial charge is 0.273 e. The van der Waals surface area contributed by atoms with Crippen molar-refractivity contribution in [2.45, 2.75) is 23.5 Å². The van der Waals surface area contributed by atoms with Gasteiger partial charge in [-0.25, -0.2) is 9.37 Å². The number of carbonyl (C=O) groups excluding carboxylic acids is 2. The number of thiazole rings is 1. The lowest BCUT2D eigenvalue weighted by molar-refractivity contribution is -0.128. The molecule has 0 fully saturated rings. The van der Waals surface area contributed by atoms with Gasteiger partial charge in [-0.2, -0.15) is 0 Å². The molecule has 8 heteroatoms. The fourth-order valence-corrected chi connectivity index (χ4v) is 4.03. The van der Waals surface area contributed by atoms with Crippen LogP contribution in [0.15, 0.2) is 64.9 Å². The first kappa shape index (κ1) is 20.0. The van der Waals surface area contributed by atoms with Gasteiger partial charge in [0.15, 0.2) is 0 Å². The highest BCUT2D eigenvalue weighted by Gasteiger charge is 2.15. The van der Waals surface area contributed by atoms with Crippen LogP contribution in [-0.4, -0.2) is 22.0 Å². The van der Waals surface area contributed by atoms with E-state index in [1.54, 1.807) is 24.4 Å². The highest BCUT2D eigenvalue weighted by atomic mass is 32.2. The van der Waals surface area contributed by atoms with Crippen molar-refractivity contribution in [3.05, 3.63) is 71.5 Å². The number of aromatic nitrogens is 1. The van der Waals surface area contributed by atoms with Crippen LogP contribution in [0.1, 0.15) is 12.6 Å². The molecule has 2 N–H and O–H groups in total. The molecule has 0 radical (unpaired) electrons. The van der Waals surface area contributed by atoms with Crippen molar-refractivity contribution in [2.24, 2.45) is 0 Å². The molecule has 0 bridgehead atoms.